The molecule has 1 saturated heterocycles. The summed E-state index contributed by atoms with van der Waals surface area (Å²) in [6, 6.07) is 9.25. The Morgan fingerprint density at radius 3 is 2.48 bits per heavy atom. The van der Waals surface area contributed by atoms with Crippen molar-refractivity contribution in [3.8, 4) is 11.5 Å². The topological polar surface area (TPSA) is 76.7 Å². The van der Waals surface area contributed by atoms with E-state index >= 15 is 0 Å². The van der Waals surface area contributed by atoms with Crippen LogP contribution in [0.25, 0.3) is 6.08 Å². The number of rotatable bonds is 6. The van der Waals surface area contributed by atoms with E-state index in [1.807, 2.05) is 0 Å². The average molecular weight is 435 g/mol. The molecule has 0 unspecified atom stereocenters. The SMILES string of the molecule is CCOc1cc(C=C2C(=O)NC(=S)NC2=O)ccc1OCc1c(F)cccc1Cl. The number of hydrogen-bond donors (Lipinski definition) is 2. The lowest BCUT2D eigenvalue weighted by atomic mass is 10.1. The van der Waals surface area contributed by atoms with Crippen LogP contribution in [0.1, 0.15) is 18.1 Å². The second-order valence-corrected chi connectivity index (χ2v) is 6.74. The molecule has 1 aliphatic heterocycles. The van der Waals surface area contributed by atoms with E-state index < -0.39 is 17.6 Å². The van der Waals surface area contributed by atoms with Crippen molar-refractivity contribution < 1.29 is 23.5 Å². The van der Waals surface area contributed by atoms with E-state index in [1.54, 1.807) is 31.2 Å². The highest BCUT2D eigenvalue weighted by Gasteiger charge is 2.25. The number of nitrogens with one attached hydrogen (secondary N) is 2. The maximum atomic E-state index is 13.9. The molecule has 1 fully saturated rings. The minimum Gasteiger partial charge on any atom is -0.490 e. The molecule has 0 radical (unpaired) electrons. The first kappa shape index (κ1) is 20.8. The fourth-order valence-corrected chi connectivity index (χ4v) is 3.00. The van der Waals surface area contributed by atoms with E-state index in [0.29, 0.717) is 23.7 Å². The smallest absolute Gasteiger partial charge is 0.263 e. The summed E-state index contributed by atoms with van der Waals surface area (Å²) in [5.41, 5.74) is 0.681. The van der Waals surface area contributed by atoms with Gasteiger partial charge in [0, 0.05) is 5.56 Å². The van der Waals surface area contributed by atoms with Crippen LogP contribution in [0.2, 0.25) is 5.02 Å². The maximum Gasteiger partial charge on any atom is 0.263 e. The van der Waals surface area contributed by atoms with E-state index in [9.17, 15) is 14.0 Å². The van der Waals surface area contributed by atoms with Crippen molar-refractivity contribution >= 4 is 46.8 Å². The number of benzene rings is 2. The zero-order valence-electron chi connectivity index (χ0n) is 15.3. The predicted octanol–water partition coefficient (Wildman–Crippen LogP) is 3.37. The molecule has 2 amide bonds. The van der Waals surface area contributed by atoms with Gasteiger partial charge in [0.2, 0.25) is 0 Å². The first-order chi connectivity index (χ1) is 13.9. The molecular weight excluding hydrogens is 419 g/mol. The Labute approximate surface area is 176 Å². The van der Waals surface area contributed by atoms with Gasteiger partial charge in [-0.25, -0.2) is 4.39 Å². The number of halogens is 2. The van der Waals surface area contributed by atoms with Gasteiger partial charge in [-0.05, 0) is 55.0 Å². The number of amides is 2. The quantitative estimate of drug-likeness (QED) is 0.414. The Balaban J connectivity index is 1.85. The average Bonchev–Trinajstić information content (AvgIpc) is 2.66. The van der Waals surface area contributed by atoms with Crippen LogP contribution >= 0.6 is 23.8 Å². The number of carbonyl (C=O) groups is 2. The van der Waals surface area contributed by atoms with Gasteiger partial charge in [0.25, 0.3) is 11.8 Å². The molecule has 0 aromatic heterocycles. The van der Waals surface area contributed by atoms with Gasteiger partial charge >= 0.3 is 0 Å². The van der Waals surface area contributed by atoms with Crippen LogP contribution in [0.4, 0.5) is 4.39 Å². The zero-order valence-corrected chi connectivity index (χ0v) is 16.8. The summed E-state index contributed by atoms with van der Waals surface area (Å²) in [6.07, 6.45) is 1.41. The fourth-order valence-electron chi connectivity index (χ4n) is 2.60. The molecule has 1 aliphatic rings. The lowest BCUT2D eigenvalue weighted by molar-refractivity contribution is -0.123. The molecular formula is C20H16ClFN2O4S. The van der Waals surface area contributed by atoms with E-state index in [0.717, 1.165) is 0 Å². The standard InChI is InChI=1S/C20H16ClFN2O4S/c1-2-27-17-9-11(8-12-18(25)23-20(29)24-19(12)26)6-7-16(17)28-10-13-14(21)4-3-5-15(13)22/h3-9H,2,10H2,1H3,(H2,23,24,25,26,29). The third-order valence-electron chi connectivity index (χ3n) is 3.96. The second kappa shape index (κ2) is 9.02. The molecule has 0 aliphatic carbocycles. The highest BCUT2D eigenvalue weighted by Crippen LogP contribution is 2.31. The van der Waals surface area contributed by atoms with Gasteiger partial charge in [-0.15, -0.1) is 0 Å². The fraction of sp³-hybridized carbons (Fsp3) is 0.150. The number of thiocarbonyl (C=S) groups is 1. The molecule has 150 valence electrons. The first-order valence-electron chi connectivity index (χ1n) is 8.60. The molecule has 0 atom stereocenters. The lowest BCUT2D eigenvalue weighted by Crippen LogP contribution is -2.51. The van der Waals surface area contributed by atoms with Gasteiger partial charge < -0.3 is 9.47 Å². The van der Waals surface area contributed by atoms with E-state index in [4.69, 9.17) is 33.3 Å². The third kappa shape index (κ3) is 4.90. The minimum absolute atomic E-state index is 0.0392. The number of ether oxygens (including phenoxy) is 2. The molecule has 0 bridgehead atoms. The van der Waals surface area contributed by atoms with Crippen LogP contribution in [-0.2, 0) is 16.2 Å². The maximum absolute atomic E-state index is 13.9. The normalized spacial score (nSPS) is 13.6. The van der Waals surface area contributed by atoms with Crippen LogP contribution in [0, 0.1) is 5.82 Å². The molecule has 2 N–H and O–H groups in total. The van der Waals surface area contributed by atoms with Crippen LogP contribution < -0.4 is 20.1 Å². The molecule has 2 aromatic rings. The van der Waals surface area contributed by atoms with Crippen molar-refractivity contribution in [1.29, 1.82) is 0 Å². The van der Waals surface area contributed by atoms with Crippen molar-refractivity contribution in [2.75, 3.05) is 6.61 Å². The van der Waals surface area contributed by atoms with Crippen molar-refractivity contribution in [1.82, 2.24) is 10.6 Å². The minimum atomic E-state index is -0.591. The third-order valence-corrected chi connectivity index (χ3v) is 4.51. The van der Waals surface area contributed by atoms with Gasteiger partial charge in [-0.3, -0.25) is 20.2 Å². The van der Waals surface area contributed by atoms with Crippen LogP contribution in [0.5, 0.6) is 11.5 Å². The lowest BCUT2D eigenvalue weighted by Gasteiger charge is -2.17. The monoisotopic (exact) mass is 434 g/mol. The molecule has 0 spiro atoms. The Hall–Kier alpha value is -2.97. The van der Waals surface area contributed by atoms with Crippen molar-refractivity contribution in [3.05, 3.63) is 63.9 Å². The summed E-state index contributed by atoms with van der Waals surface area (Å²) >= 11 is 10.8. The van der Waals surface area contributed by atoms with E-state index in [1.165, 1.54) is 18.2 Å². The Morgan fingerprint density at radius 1 is 1.10 bits per heavy atom. The molecule has 9 heteroatoms. The van der Waals surface area contributed by atoms with Crippen molar-refractivity contribution in [2.24, 2.45) is 0 Å². The summed E-state index contributed by atoms with van der Waals surface area (Å²) in [4.78, 5) is 24.0. The van der Waals surface area contributed by atoms with Gasteiger partial charge in [0.05, 0.1) is 11.6 Å². The molecule has 2 aromatic carbocycles. The predicted molar refractivity (Wildman–Crippen MR) is 110 cm³/mol. The summed E-state index contributed by atoms with van der Waals surface area (Å²) in [7, 11) is 0. The largest absolute Gasteiger partial charge is 0.490 e. The van der Waals surface area contributed by atoms with Crippen molar-refractivity contribution in [2.45, 2.75) is 13.5 Å². The van der Waals surface area contributed by atoms with E-state index in [-0.39, 0.29) is 27.9 Å². The summed E-state index contributed by atoms with van der Waals surface area (Å²) in [5, 5.41) is 4.96. The van der Waals surface area contributed by atoms with Gasteiger partial charge in [0.1, 0.15) is 18.0 Å². The summed E-state index contributed by atoms with van der Waals surface area (Å²) < 4.78 is 25.2. The summed E-state index contributed by atoms with van der Waals surface area (Å²) in [6.45, 7) is 2.06. The number of carbonyl (C=O) groups excluding carboxylic acids is 2. The van der Waals surface area contributed by atoms with Crippen LogP contribution in [0.3, 0.4) is 0 Å². The van der Waals surface area contributed by atoms with Gasteiger partial charge in [0.15, 0.2) is 16.6 Å². The van der Waals surface area contributed by atoms with Gasteiger partial charge in [-0.1, -0.05) is 23.7 Å². The van der Waals surface area contributed by atoms with Crippen molar-refractivity contribution in [3.63, 3.8) is 0 Å². The highest BCUT2D eigenvalue weighted by atomic mass is 35.5. The molecule has 0 saturated carbocycles. The van der Waals surface area contributed by atoms with Crippen LogP contribution in [-0.4, -0.2) is 23.5 Å². The highest BCUT2D eigenvalue weighted by molar-refractivity contribution is 7.80. The zero-order chi connectivity index (χ0) is 21.0. The summed E-state index contributed by atoms with van der Waals surface area (Å²) in [5.74, 6) is -0.907. The molecule has 6 nitrogen and oxygen atoms in total. The molecule has 3 rings (SSSR count). The second-order valence-electron chi connectivity index (χ2n) is 5.92. The van der Waals surface area contributed by atoms with Gasteiger partial charge in [-0.2, -0.15) is 0 Å². The molecule has 29 heavy (non-hydrogen) atoms. The Morgan fingerprint density at radius 2 is 1.83 bits per heavy atom. The molecule has 1 heterocycles. The first-order valence-corrected chi connectivity index (χ1v) is 9.38. The van der Waals surface area contributed by atoms with E-state index in [2.05, 4.69) is 10.6 Å². The number of hydrogen-bond acceptors (Lipinski definition) is 5. The Kier molecular flexibility index (Phi) is 6.46. The van der Waals surface area contributed by atoms with Crippen LogP contribution in [0.15, 0.2) is 42.0 Å². The Bertz CT molecular complexity index is 983.